The highest BCUT2D eigenvalue weighted by atomic mass is 16.7. The lowest BCUT2D eigenvalue weighted by Crippen LogP contribution is -2.60. The fraction of sp³-hybridized carbons (Fsp3) is 0.940. The van der Waals surface area contributed by atoms with Gasteiger partial charge in [0.15, 0.2) is 6.29 Å². The Morgan fingerprint density at radius 2 is 1.44 bits per heavy atom. The fourth-order valence-corrected chi connectivity index (χ4v) is 12.7. The van der Waals surface area contributed by atoms with E-state index in [1.165, 1.54) is 108 Å². The van der Waals surface area contributed by atoms with Crippen molar-refractivity contribution in [3.8, 4) is 0 Å². The Morgan fingerprint density at radius 3 is 2.09 bits per heavy atom. The van der Waals surface area contributed by atoms with E-state index >= 15 is 0 Å². The highest BCUT2D eigenvalue weighted by Gasteiger charge is 2.59. The van der Waals surface area contributed by atoms with Crippen LogP contribution in [0.2, 0.25) is 0 Å². The molecule has 0 bridgehead atoms. The third kappa shape index (κ3) is 11.9. The highest BCUT2D eigenvalue weighted by Crippen LogP contribution is 2.67. The molecule has 5 aliphatic rings. The Labute approximate surface area is 349 Å². The van der Waals surface area contributed by atoms with E-state index in [1.807, 2.05) is 0 Å². The van der Waals surface area contributed by atoms with Crippen molar-refractivity contribution in [3.63, 3.8) is 0 Å². The van der Waals surface area contributed by atoms with Gasteiger partial charge in [0.25, 0.3) is 0 Å². The van der Waals surface area contributed by atoms with E-state index in [0.717, 1.165) is 80.5 Å². The van der Waals surface area contributed by atoms with Crippen molar-refractivity contribution in [1.29, 1.82) is 0 Å². The Balaban J connectivity index is 1.04. The lowest BCUT2D eigenvalue weighted by molar-refractivity contribution is -0.313. The summed E-state index contributed by atoms with van der Waals surface area (Å²) in [5.41, 5.74) is 2.13. The van der Waals surface area contributed by atoms with Gasteiger partial charge >= 0.3 is 5.97 Å². The molecule has 0 aromatic rings. The minimum atomic E-state index is -1.44. The average Bonchev–Trinajstić information content (AvgIpc) is 3.55. The maximum Gasteiger partial charge on any atom is 0.305 e. The maximum atomic E-state index is 12.6. The zero-order chi connectivity index (χ0) is 41.2. The lowest BCUT2D eigenvalue weighted by atomic mass is 9.47. The van der Waals surface area contributed by atoms with Crippen molar-refractivity contribution in [2.24, 2.45) is 52.3 Å². The van der Waals surface area contributed by atoms with Crippen molar-refractivity contribution in [1.82, 2.24) is 0 Å². The molecule has 0 radical (unpaired) electrons. The largest absolute Gasteiger partial charge is 0.463 e. The zero-order valence-corrected chi connectivity index (χ0v) is 37.7. The summed E-state index contributed by atoms with van der Waals surface area (Å²) in [5.74, 6) is 5.17. The minimum Gasteiger partial charge on any atom is -0.463 e. The van der Waals surface area contributed by atoms with Crippen molar-refractivity contribution < 1.29 is 34.3 Å². The van der Waals surface area contributed by atoms with Gasteiger partial charge in [-0.2, -0.15) is 0 Å². The Hall–Kier alpha value is -0.990. The molecule has 1 saturated heterocycles. The van der Waals surface area contributed by atoms with Gasteiger partial charge in [-0.05, 0) is 110 Å². The number of hydrogen-bond acceptors (Lipinski definition) is 7. The van der Waals surface area contributed by atoms with Gasteiger partial charge in [0.1, 0.15) is 31.0 Å². The van der Waals surface area contributed by atoms with Gasteiger partial charge in [-0.15, -0.1) is 0 Å². The zero-order valence-electron chi connectivity index (χ0n) is 37.7. The molecule has 4 fully saturated rings. The molecule has 0 aromatic carbocycles. The molecule has 0 amide bonds. The smallest absolute Gasteiger partial charge is 0.305 e. The summed E-state index contributed by atoms with van der Waals surface area (Å²) in [7, 11) is 0. The first-order valence-corrected chi connectivity index (χ1v) is 24.5. The first-order chi connectivity index (χ1) is 27.3. The van der Waals surface area contributed by atoms with Crippen LogP contribution in [0.5, 0.6) is 0 Å². The van der Waals surface area contributed by atoms with Crippen LogP contribution in [0, 0.1) is 52.3 Å². The van der Waals surface area contributed by atoms with Crippen molar-refractivity contribution in [2.45, 2.75) is 239 Å². The fourth-order valence-electron chi connectivity index (χ4n) is 12.7. The molecule has 1 heterocycles. The Morgan fingerprint density at radius 1 is 0.789 bits per heavy atom. The predicted molar refractivity (Wildman–Crippen MR) is 230 cm³/mol. The maximum absolute atomic E-state index is 12.6. The van der Waals surface area contributed by atoms with Crippen LogP contribution in [0.25, 0.3) is 0 Å². The number of fused-ring (bicyclic) bond motifs is 5. The number of unbranched alkanes of at least 4 members (excludes halogenated alkanes) is 12. The molecular formula is C50H88O7. The Kier molecular flexibility index (Phi) is 18.3. The molecular weight excluding hydrogens is 713 g/mol. The quantitative estimate of drug-likeness (QED) is 0.0537. The van der Waals surface area contributed by atoms with Crippen LogP contribution >= 0.6 is 0 Å². The second-order valence-corrected chi connectivity index (χ2v) is 21.0. The standard InChI is InChI=1S/C50H88O7/c1-8-9-10-11-12-13-14-15-16-17-18-19-20-21-44(51)55-33-43-45(52)46(53)47(54)48(57-43)56-38-28-30-49(6)37(32-38)24-25-39-41-27-26-40(50(41,7)31-29-42(39)49)36(5)23-22-35(4)34(2)3/h24,34-36,38-43,45-48,52-54H,8-23,25-33H2,1-7H3/t35-,36-,38+,39?,40-,41?,42?,43?,45?,46?,47?,48?,49+,50-/m1/s1. The monoisotopic (exact) mass is 801 g/mol. The van der Waals surface area contributed by atoms with Crippen molar-refractivity contribution >= 4 is 5.97 Å². The van der Waals surface area contributed by atoms with E-state index in [2.05, 4.69) is 54.5 Å². The van der Waals surface area contributed by atoms with Gasteiger partial charge in [-0.25, -0.2) is 0 Å². The number of ether oxygens (including phenoxy) is 3. The first kappa shape index (κ1) is 47.1. The van der Waals surface area contributed by atoms with E-state index in [-0.39, 0.29) is 24.1 Å². The molecule has 5 rings (SSSR count). The van der Waals surface area contributed by atoms with E-state index < -0.39 is 30.7 Å². The third-order valence-electron chi connectivity index (χ3n) is 16.9. The minimum absolute atomic E-state index is 0.138. The summed E-state index contributed by atoms with van der Waals surface area (Å²) in [5, 5.41) is 32.5. The third-order valence-corrected chi connectivity index (χ3v) is 16.9. The summed E-state index contributed by atoms with van der Waals surface area (Å²) in [6, 6.07) is 0. The first-order valence-electron chi connectivity index (χ1n) is 24.5. The number of allylic oxidation sites excluding steroid dienone is 1. The number of carbonyl (C=O) groups is 1. The summed E-state index contributed by atoms with van der Waals surface area (Å²) in [4.78, 5) is 12.6. The average molecular weight is 801 g/mol. The molecule has 57 heavy (non-hydrogen) atoms. The van der Waals surface area contributed by atoms with Gasteiger partial charge in [0, 0.05) is 6.42 Å². The van der Waals surface area contributed by atoms with Crippen LogP contribution in [0.3, 0.4) is 0 Å². The second kappa shape index (κ2) is 22.2. The van der Waals surface area contributed by atoms with E-state index in [1.54, 1.807) is 0 Å². The van der Waals surface area contributed by atoms with E-state index in [0.29, 0.717) is 17.8 Å². The van der Waals surface area contributed by atoms with Crippen LogP contribution in [0.4, 0.5) is 0 Å². The topological polar surface area (TPSA) is 105 Å². The number of rotatable bonds is 23. The molecule has 1 aliphatic heterocycles. The number of carbonyl (C=O) groups excluding carboxylic acids is 1. The van der Waals surface area contributed by atoms with Gasteiger partial charge in [0.2, 0.25) is 0 Å². The van der Waals surface area contributed by atoms with Crippen LogP contribution in [0.1, 0.15) is 203 Å². The van der Waals surface area contributed by atoms with Crippen molar-refractivity contribution in [3.05, 3.63) is 11.6 Å². The van der Waals surface area contributed by atoms with Crippen LogP contribution < -0.4 is 0 Å². The number of hydrogen-bond donors (Lipinski definition) is 3. The molecule has 8 unspecified atom stereocenters. The van der Waals surface area contributed by atoms with Crippen LogP contribution in [-0.2, 0) is 19.0 Å². The normalized spacial score (nSPS) is 37.6. The number of aliphatic hydroxyl groups excluding tert-OH is 3. The van der Waals surface area contributed by atoms with Gasteiger partial charge in [-0.3, -0.25) is 4.79 Å². The van der Waals surface area contributed by atoms with Gasteiger partial charge in [-0.1, -0.05) is 150 Å². The lowest BCUT2D eigenvalue weighted by Gasteiger charge is -2.58. The predicted octanol–water partition coefficient (Wildman–Crippen LogP) is 11.5. The molecule has 330 valence electrons. The Bertz CT molecular complexity index is 1230. The second-order valence-electron chi connectivity index (χ2n) is 21.0. The number of esters is 1. The van der Waals surface area contributed by atoms with Gasteiger partial charge < -0.3 is 29.5 Å². The highest BCUT2D eigenvalue weighted by molar-refractivity contribution is 5.69. The molecule has 3 saturated carbocycles. The molecule has 7 nitrogen and oxygen atoms in total. The summed E-state index contributed by atoms with van der Waals surface area (Å²) < 4.78 is 18.0. The molecule has 14 atom stereocenters. The molecule has 0 spiro atoms. The number of aliphatic hydroxyl groups is 3. The van der Waals surface area contributed by atoms with Crippen molar-refractivity contribution in [2.75, 3.05) is 6.61 Å². The summed E-state index contributed by atoms with van der Waals surface area (Å²) in [6.45, 7) is 17.0. The van der Waals surface area contributed by atoms with Crippen LogP contribution in [0.15, 0.2) is 11.6 Å². The molecule has 7 heteroatoms. The summed E-state index contributed by atoms with van der Waals surface area (Å²) in [6.07, 6.45) is 24.8. The SMILES string of the molecule is CCCCCCCCCCCCCCCC(=O)OCC1OC(O[C@H]2CC[C@@]3(C)C(=CCC4C3CC[C@@]3(C)C4CC[C@@H]3[C@H](C)CC[C@@H](C)C(C)C)C2)C(O)C(O)C1O. The van der Waals surface area contributed by atoms with Crippen LogP contribution in [-0.4, -0.2) is 64.7 Å². The molecule has 3 N–H and O–H groups in total. The molecule has 0 aromatic heterocycles. The van der Waals surface area contributed by atoms with E-state index in [9.17, 15) is 20.1 Å². The van der Waals surface area contributed by atoms with E-state index in [4.69, 9.17) is 14.2 Å². The molecule has 4 aliphatic carbocycles. The summed E-state index contributed by atoms with van der Waals surface area (Å²) >= 11 is 0. The van der Waals surface area contributed by atoms with Gasteiger partial charge in [0.05, 0.1) is 6.10 Å².